The van der Waals surface area contributed by atoms with Gasteiger partial charge < -0.3 is 5.32 Å². The van der Waals surface area contributed by atoms with Crippen LogP contribution < -0.4 is 10.0 Å². The van der Waals surface area contributed by atoms with Crippen LogP contribution in [0.1, 0.15) is 11.3 Å². The lowest BCUT2D eigenvalue weighted by atomic mass is 10.2. The van der Waals surface area contributed by atoms with Gasteiger partial charge in [-0.1, -0.05) is 0 Å². The fourth-order valence-corrected chi connectivity index (χ4v) is 3.61. The number of aromatic nitrogens is 1. The summed E-state index contributed by atoms with van der Waals surface area (Å²) >= 11 is 1.20. The minimum Gasteiger partial charge on any atom is -0.316 e. The molecule has 1 aromatic carbocycles. The molecular formula is C12H14FN3O2S2. The lowest BCUT2D eigenvalue weighted by molar-refractivity contribution is 0.591. The number of anilines is 1. The normalized spacial score (nSPS) is 11.6. The first-order chi connectivity index (χ1) is 9.42. The van der Waals surface area contributed by atoms with E-state index in [2.05, 4.69) is 15.0 Å². The molecule has 2 N–H and O–H groups in total. The van der Waals surface area contributed by atoms with Crippen LogP contribution in [0.3, 0.4) is 0 Å². The van der Waals surface area contributed by atoms with E-state index >= 15 is 0 Å². The van der Waals surface area contributed by atoms with Crippen molar-refractivity contribution in [1.82, 2.24) is 10.3 Å². The van der Waals surface area contributed by atoms with Crippen LogP contribution in [0.5, 0.6) is 0 Å². The van der Waals surface area contributed by atoms with E-state index in [0.29, 0.717) is 10.7 Å². The fourth-order valence-electron chi connectivity index (χ4n) is 1.62. The SMILES string of the molecule is CNCc1cc(S(=O)(=O)Nc2nc(C)cs2)ccc1F. The van der Waals surface area contributed by atoms with Crippen molar-refractivity contribution in [3.63, 3.8) is 0 Å². The van der Waals surface area contributed by atoms with Crippen LogP contribution in [0.25, 0.3) is 0 Å². The van der Waals surface area contributed by atoms with Gasteiger partial charge in [0, 0.05) is 17.5 Å². The number of hydrogen-bond donors (Lipinski definition) is 2. The van der Waals surface area contributed by atoms with E-state index in [9.17, 15) is 12.8 Å². The van der Waals surface area contributed by atoms with Crippen LogP contribution in [0, 0.1) is 12.7 Å². The molecule has 1 aromatic heterocycles. The van der Waals surface area contributed by atoms with Crippen LogP contribution in [0.4, 0.5) is 9.52 Å². The van der Waals surface area contributed by atoms with Crippen LogP contribution in [0.2, 0.25) is 0 Å². The van der Waals surface area contributed by atoms with Crippen molar-refractivity contribution in [3.8, 4) is 0 Å². The van der Waals surface area contributed by atoms with Gasteiger partial charge in [0.25, 0.3) is 10.0 Å². The molecule has 1 heterocycles. The van der Waals surface area contributed by atoms with Crippen molar-refractivity contribution in [3.05, 3.63) is 40.7 Å². The predicted molar refractivity (Wildman–Crippen MR) is 76.8 cm³/mol. The molecule has 0 unspecified atom stereocenters. The van der Waals surface area contributed by atoms with Crippen LogP contribution in [-0.4, -0.2) is 20.4 Å². The highest BCUT2D eigenvalue weighted by atomic mass is 32.2. The van der Waals surface area contributed by atoms with Crippen molar-refractivity contribution in [2.24, 2.45) is 0 Å². The van der Waals surface area contributed by atoms with Crippen molar-refractivity contribution in [2.45, 2.75) is 18.4 Å². The quantitative estimate of drug-likeness (QED) is 0.886. The molecule has 0 spiro atoms. The zero-order chi connectivity index (χ0) is 14.8. The molecule has 0 aliphatic rings. The van der Waals surface area contributed by atoms with E-state index in [1.807, 2.05) is 0 Å². The zero-order valence-electron chi connectivity index (χ0n) is 11.0. The van der Waals surface area contributed by atoms with Crippen LogP contribution in [-0.2, 0) is 16.6 Å². The van der Waals surface area contributed by atoms with Gasteiger partial charge in [0.1, 0.15) is 5.82 Å². The Morgan fingerprint density at radius 2 is 2.15 bits per heavy atom. The topological polar surface area (TPSA) is 71.1 Å². The molecule has 0 aliphatic heterocycles. The van der Waals surface area contributed by atoms with Gasteiger partial charge >= 0.3 is 0 Å². The number of benzene rings is 1. The predicted octanol–water partition coefficient (Wildman–Crippen LogP) is 2.11. The smallest absolute Gasteiger partial charge is 0.263 e. The lowest BCUT2D eigenvalue weighted by Crippen LogP contribution is -2.14. The van der Waals surface area contributed by atoms with Crippen LogP contribution in [0.15, 0.2) is 28.5 Å². The second-order valence-corrected chi connectivity index (χ2v) is 6.72. The average molecular weight is 315 g/mol. The molecule has 2 aromatic rings. The summed E-state index contributed by atoms with van der Waals surface area (Å²) < 4.78 is 40.3. The van der Waals surface area contributed by atoms with Crippen molar-refractivity contribution in [2.75, 3.05) is 11.8 Å². The minimum absolute atomic E-state index is 0.0111. The summed E-state index contributed by atoms with van der Waals surface area (Å²) in [7, 11) is -2.09. The molecule has 0 bridgehead atoms. The highest BCUT2D eigenvalue weighted by molar-refractivity contribution is 7.93. The summed E-state index contributed by atoms with van der Waals surface area (Å²) in [4.78, 5) is 4.05. The molecule has 5 nitrogen and oxygen atoms in total. The standard InChI is InChI=1S/C12H14FN3O2S2/c1-8-7-19-12(15-8)16-20(17,18)10-3-4-11(13)9(5-10)6-14-2/h3-5,7,14H,6H2,1-2H3,(H,15,16). The van der Waals surface area contributed by atoms with E-state index in [1.165, 1.54) is 23.5 Å². The Kier molecular flexibility index (Phi) is 4.36. The molecular weight excluding hydrogens is 301 g/mol. The molecule has 2 rings (SSSR count). The van der Waals surface area contributed by atoms with Gasteiger partial charge in [-0.15, -0.1) is 11.3 Å². The van der Waals surface area contributed by atoms with Gasteiger partial charge in [-0.3, -0.25) is 4.72 Å². The van der Waals surface area contributed by atoms with Gasteiger partial charge in [-0.25, -0.2) is 17.8 Å². The van der Waals surface area contributed by atoms with Crippen molar-refractivity contribution < 1.29 is 12.8 Å². The summed E-state index contributed by atoms with van der Waals surface area (Å²) in [6, 6.07) is 3.69. The highest BCUT2D eigenvalue weighted by Crippen LogP contribution is 2.21. The Labute approximate surface area is 120 Å². The van der Waals surface area contributed by atoms with Gasteiger partial charge in [-0.05, 0) is 32.2 Å². The Balaban J connectivity index is 2.31. The second kappa shape index (κ2) is 5.86. The molecule has 0 saturated heterocycles. The fraction of sp³-hybridized carbons (Fsp3) is 0.250. The Morgan fingerprint density at radius 1 is 1.40 bits per heavy atom. The van der Waals surface area contributed by atoms with Gasteiger partial charge in [0.05, 0.1) is 10.6 Å². The molecule has 0 atom stereocenters. The van der Waals surface area contributed by atoms with Gasteiger partial charge in [0.15, 0.2) is 5.13 Å². The number of thiazole rings is 1. The third-order valence-electron chi connectivity index (χ3n) is 2.54. The average Bonchev–Trinajstić information content (AvgIpc) is 2.77. The number of rotatable bonds is 5. The lowest BCUT2D eigenvalue weighted by Gasteiger charge is -2.08. The number of halogens is 1. The second-order valence-electron chi connectivity index (χ2n) is 4.18. The number of nitrogens with one attached hydrogen (secondary N) is 2. The van der Waals surface area contributed by atoms with Crippen molar-refractivity contribution >= 4 is 26.5 Å². The largest absolute Gasteiger partial charge is 0.316 e. The highest BCUT2D eigenvalue weighted by Gasteiger charge is 2.17. The van der Waals surface area contributed by atoms with Crippen molar-refractivity contribution in [1.29, 1.82) is 0 Å². The van der Waals surface area contributed by atoms with E-state index in [-0.39, 0.29) is 11.4 Å². The Bertz CT molecular complexity index is 713. The molecule has 8 heteroatoms. The number of hydrogen-bond acceptors (Lipinski definition) is 5. The van der Waals surface area contributed by atoms with E-state index in [0.717, 1.165) is 11.8 Å². The van der Waals surface area contributed by atoms with E-state index in [4.69, 9.17) is 0 Å². The first kappa shape index (κ1) is 14.9. The number of nitrogens with zero attached hydrogens (tertiary/aromatic N) is 1. The Hall–Kier alpha value is -1.51. The monoisotopic (exact) mass is 315 g/mol. The maximum absolute atomic E-state index is 13.5. The molecule has 0 radical (unpaired) electrons. The summed E-state index contributed by atoms with van der Waals surface area (Å²) in [5, 5.41) is 4.83. The Morgan fingerprint density at radius 3 is 2.75 bits per heavy atom. The molecule has 0 saturated carbocycles. The van der Waals surface area contributed by atoms with E-state index < -0.39 is 15.8 Å². The molecule has 0 amide bonds. The van der Waals surface area contributed by atoms with Crippen LogP contribution >= 0.6 is 11.3 Å². The summed E-state index contributed by atoms with van der Waals surface area (Å²) in [6.07, 6.45) is 0. The number of sulfonamides is 1. The molecule has 0 fully saturated rings. The van der Waals surface area contributed by atoms with Gasteiger partial charge in [-0.2, -0.15) is 0 Å². The third-order valence-corrected chi connectivity index (χ3v) is 4.88. The van der Waals surface area contributed by atoms with E-state index in [1.54, 1.807) is 19.4 Å². The first-order valence-electron chi connectivity index (χ1n) is 5.80. The summed E-state index contributed by atoms with van der Waals surface area (Å²) in [5.41, 5.74) is 1.04. The summed E-state index contributed by atoms with van der Waals surface area (Å²) in [5.74, 6) is -0.441. The minimum atomic E-state index is -3.75. The molecule has 108 valence electrons. The molecule has 20 heavy (non-hydrogen) atoms. The first-order valence-corrected chi connectivity index (χ1v) is 8.16. The maximum atomic E-state index is 13.5. The third kappa shape index (κ3) is 3.33. The summed E-state index contributed by atoms with van der Waals surface area (Å²) in [6.45, 7) is 2.03. The number of aryl methyl sites for hydroxylation is 1. The zero-order valence-corrected chi connectivity index (χ0v) is 12.6. The van der Waals surface area contributed by atoms with Gasteiger partial charge in [0.2, 0.25) is 0 Å². The molecule has 0 aliphatic carbocycles. The maximum Gasteiger partial charge on any atom is 0.263 e.